The summed E-state index contributed by atoms with van der Waals surface area (Å²) in [6.07, 6.45) is 3.50. The molecule has 0 atom stereocenters. The van der Waals surface area contributed by atoms with E-state index in [1.165, 1.54) is 0 Å². The van der Waals surface area contributed by atoms with Crippen molar-refractivity contribution in [2.24, 2.45) is 0 Å². The Morgan fingerprint density at radius 2 is 1.74 bits per heavy atom. The van der Waals surface area contributed by atoms with Gasteiger partial charge in [0.2, 0.25) is 5.89 Å². The van der Waals surface area contributed by atoms with Crippen molar-refractivity contribution in [1.82, 2.24) is 15.0 Å². The highest BCUT2D eigenvalue weighted by Crippen LogP contribution is 2.24. The fourth-order valence-electron chi connectivity index (χ4n) is 2.32. The molecule has 4 aromatic rings. The molecule has 1 aromatic carbocycles. The third-order valence-corrected chi connectivity index (χ3v) is 3.50. The Morgan fingerprint density at radius 3 is 2.52 bits per heavy atom. The van der Waals surface area contributed by atoms with E-state index in [2.05, 4.69) is 20.3 Å². The molecule has 0 fully saturated rings. The largest absolute Gasteiger partial charge is 0.434 e. The molecule has 3 heterocycles. The van der Waals surface area contributed by atoms with Crippen molar-refractivity contribution >= 4 is 16.9 Å². The number of nitrogens with zero attached hydrogens (tertiary/aromatic N) is 3. The topological polar surface area (TPSA) is 63.8 Å². The predicted octanol–water partition coefficient (Wildman–Crippen LogP) is 3.90. The highest BCUT2D eigenvalue weighted by atomic mass is 16.3. The molecule has 112 valence electrons. The number of rotatable bonds is 4. The zero-order valence-electron chi connectivity index (χ0n) is 12.3. The monoisotopic (exact) mass is 302 g/mol. The molecule has 1 N–H and O–H groups in total. The molecule has 0 amide bonds. The predicted molar refractivity (Wildman–Crippen MR) is 88.8 cm³/mol. The van der Waals surface area contributed by atoms with Crippen LogP contribution in [0.15, 0.2) is 71.4 Å². The van der Waals surface area contributed by atoms with E-state index in [4.69, 9.17) is 4.42 Å². The van der Waals surface area contributed by atoms with Gasteiger partial charge in [-0.05, 0) is 48.5 Å². The highest BCUT2D eigenvalue weighted by molar-refractivity contribution is 5.72. The van der Waals surface area contributed by atoms with Gasteiger partial charge in [0.25, 0.3) is 0 Å². The molecule has 0 radical (unpaired) electrons. The Labute approximate surface area is 133 Å². The molecule has 0 bridgehead atoms. The number of hydrogen-bond donors (Lipinski definition) is 1. The maximum absolute atomic E-state index is 5.72. The minimum Gasteiger partial charge on any atom is -0.434 e. The minimum absolute atomic E-state index is 0.579. The number of benzene rings is 1. The van der Waals surface area contributed by atoms with Gasteiger partial charge in [-0.25, -0.2) is 4.98 Å². The van der Waals surface area contributed by atoms with Crippen molar-refractivity contribution < 1.29 is 4.42 Å². The van der Waals surface area contributed by atoms with Gasteiger partial charge in [0, 0.05) is 23.6 Å². The molecular weight excluding hydrogens is 288 g/mol. The molecule has 3 aromatic heterocycles. The van der Waals surface area contributed by atoms with Crippen molar-refractivity contribution in [1.29, 1.82) is 0 Å². The average molecular weight is 302 g/mol. The molecule has 23 heavy (non-hydrogen) atoms. The van der Waals surface area contributed by atoms with Crippen molar-refractivity contribution in [3.63, 3.8) is 0 Å². The number of pyridine rings is 2. The fraction of sp³-hybridized carbons (Fsp3) is 0.0556. The van der Waals surface area contributed by atoms with E-state index in [1.54, 1.807) is 12.4 Å². The summed E-state index contributed by atoms with van der Waals surface area (Å²) in [5.41, 5.74) is 4.27. The second-order valence-corrected chi connectivity index (χ2v) is 5.10. The number of aromatic nitrogens is 3. The Bertz CT molecular complexity index is 884. The van der Waals surface area contributed by atoms with Gasteiger partial charge in [0.15, 0.2) is 11.2 Å². The number of fused-ring (bicyclic) bond motifs is 1. The Hall–Kier alpha value is -3.21. The molecular formula is C18H14N4O. The average Bonchev–Trinajstić information content (AvgIpc) is 3.05. The molecule has 0 aliphatic carbocycles. The first kappa shape index (κ1) is 13.5. The summed E-state index contributed by atoms with van der Waals surface area (Å²) in [6.45, 7) is 0.687. The van der Waals surface area contributed by atoms with E-state index < -0.39 is 0 Å². The SMILES string of the molecule is c1ccc(CNc2ccc(-c3nc4ncccc4o3)cc2)nc1. The maximum atomic E-state index is 5.72. The summed E-state index contributed by atoms with van der Waals surface area (Å²) in [6, 6.07) is 17.5. The Morgan fingerprint density at radius 1 is 0.870 bits per heavy atom. The van der Waals surface area contributed by atoms with E-state index in [9.17, 15) is 0 Å². The molecule has 4 rings (SSSR count). The molecule has 0 spiro atoms. The van der Waals surface area contributed by atoms with E-state index in [-0.39, 0.29) is 0 Å². The second kappa shape index (κ2) is 5.88. The zero-order chi connectivity index (χ0) is 15.5. The van der Waals surface area contributed by atoms with Gasteiger partial charge in [0.05, 0.1) is 12.2 Å². The lowest BCUT2D eigenvalue weighted by molar-refractivity contribution is 0.619. The standard InChI is InChI=1S/C18H14N4O/c1-2-10-19-15(4-1)12-21-14-8-6-13(7-9-14)18-22-17-16(23-18)5-3-11-20-17/h1-11,21H,12H2. The number of anilines is 1. The number of nitrogens with one attached hydrogen (secondary N) is 1. The molecule has 0 aliphatic heterocycles. The van der Waals surface area contributed by atoms with Crippen molar-refractivity contribution in [2.75, 3.05) is 5.32 Å². The van der Waals surface area contributed by atoms with Crippen LogP contribution in [0.1, 0.15) is 5.69 Å². The van der Waals surface area contributed by atoms with Crippen LogP contribution in [0, 0.1) is 0 Å². The van der Waals surface area contributed by atoms with Crippen LogP contribution in [-0.4, -0.2) is 15.0 Å². The number of hydrogen-bond acceptors (Lipinski definition) is 5. The highest BCUT2D eigenvalue weighted by Gasteiger charge is 2.08. The quantitative estimate of drug-likeness (QED) is 0.619. The van der Waals surface area contributed by atoms with Crippen molar-refractivity contribution in [2.45, 2.75) is 6.54 Å². The van der Waals surface area contributed by atoms with Gasteiger partial charge in [-0.15, -0.1) is 0 Å². The first-order chi connectivity index (χ1) is 11.4. The molecule has 0 aliphatic rings. The van der Waals surface area contributed by atoms with E-state index in [0.29, 0.717) is 23.7 Å². The van der Waals surface area contributed by atoms with Gasteiger partial charge in [-0.3, -0.25) is 4.98 Å². The molecule has 0 saturated heterocycles. The van der Waals surface area contributed by atoms with Crippen molar-refractivity contribution in [3.8, 4) is 11.5 Å². The molecule has 0 unspecified atom stereocenters. The fourth-order valence-corrected chi connectivity index (χ4v) is 2.32. The van der Waals surface area contributed by atoms with Crippen LogP contribution < -0.4 is 5.32 Å². The lowest BCUT2D eigenvalue weighted by Gasteiger charge is -2.06. The lowest BCUT2D eigenvalue weighted by atomic mass is 10.2. The number of oxazole rings is 1. The van der Waals surface area contributed by atoms with Crippen molar-refractivity contribution in [3.05, 3.63) is 72.7 Å². The van der Waals surface area contributed by atoms with Crippen LogP contribution in [0.5, 0.6) is 0 Å². The second-order valence-electron chi connectivity index (χ2n) is 5.10. The normalized spacial score (nSPS) is 10.8. The first-order valence-electron chi connectivity index (χ1n) is 7.34. The van der Waals surface area contributed by atoms with Crippen LogP contribution in [0.2, 0.25) is 0 Å². The van der Waals surface area contributed by atoms with Gasteiger partial charge in [-0.2, -0.15) is 4.98 Å². The van der Waals surface area contributed by atoms with Gasteiger partial charge >= 0.3 is 0 Å². The summed E-state index contributed by atoms with van der Waals surface area (Å²) in [5.74, 6) is 0.579. The van der Waals surface area contributed by atoms with E-state index >= 15 is 0 Å². The van der Waals surface area contributed by atoms with Gasteiger partial charge in [0.1, 0.15) is 0 Å². The first-order valence-corrected chi connectivity index (χ1v) is 7.34. The smallest absolute Gasteiger partial charge is 0.228 e. The van der Waals surface area contributed by atoms with E-state index in [0.717, 1.165) is 16.9 Å². The molecule has 5 nitrogen and oxygen atoms in total. The van der Waals surface area contributed by atoms with Crippen LogP contribution >= 0.6 is 0 Å². The molecule has 5 heteroatoms. The summed E-state index contributed by atoms with van der Waals surface area (Å²) >= 11 is 0. The summed E-state index contributed by atoms with van der Waals surface area (Å²) in [7, 11) is 0. The minimum atomic E-state index is 0.579. The van der Waals surface area contributed by atoms with Crippen LogP contribution in [0.25, 0.3) is 22.7 Å². The van der Waals surface area contributed by atoms with Crippen LogP contribution in [-0.2, 0) is 6.54 Å². The Balaban J connectivity index is 1.51. The maximum Gasteiger partial charge on any atom is 0.228 e. The zero-order valence-corrected chi connectivity index (χ0v) is 12.3. The lowest BCUT2D eigenvalue weighted by Crippen LogP contribution is -2.00. The Kier molecular flexibility index (Phi) is 3.44. The summed E-state index contributed by atoms with van der Waals surface area (Å²) < 4.78 is 5.72. The third kappa shape index (κ3) is 2.89. The van der Waals surface area contributed by atoms with Gasteiger partial charge < -0.3 is 9.73 Å². The van der Waals surface area contributed by atoms with E-state index in [1.807, 2.05) is 54.6 Å². The summed E-state index contributed by atoms with van der Waals surface area (Å²) in [5, 5.41) is 3.34. The third-order valence-electron chi connectivity index (χ3n) is 3.50. The molecule has 0 saturated carbocycles. The summed E-state index contributed by atoms with van der Waals surface area (Å²) in [4.78, 5) is 12.9. The van der Waals surface area contributed by atoms with Crippen LogP contribution in [0.4, 0.5) is 5.69 Å². The van der Waals surface area contributed by atoms with Crippen LogP contribution in [0.3, 0.4) is 0 Å². The van der Waals surface area contributed by atoms with Gasteiger partial charge in [-0.1, -0.05) is 6.07 Å².